The number of carbonyl (C=O) groups excluding carboxylic acids is 2. The maximum Gasteiger partial charge on any atom is 0.278 e. The first-order chi connectivity index (χ1) is 13.4. The molecular formula is C19H11N5O4. The number of hydrogen-bond donors (Lipinski definition) is 3. The highest BCUT2D eigenvalue weighted by Crippen LogP contribution is 2.34. The normalized spacial score (nSPS) is 13.0. The van der Waals surface area contributed by atoms with Crippen LogP contribution >= 0.6 is 0 Å². The monoisotopic (exact) mass is 373 g/mol. The van der Waals surface area contributed by atoms with Crippen molar-refractivity contribution in [2.45, 2.75) is 6.92 Å². The van der Waals surface area contributed by atoms with Crippen molar-refractivity contribution in [1.82, 2.24) is 10.3 Å². The van der Waals surface area contributed by atoms with E-state index in [1.165, 1.54) is 13.0 Å². The lowest BCUT2D eigenvalue weighted by atomic mass is 9.94. The number of hydrogen-bond acceptors (Lipinski definition) is 7. The zero-order chi connectivity index (χ0) is 20.0. The van der Waals surface area contributed by atoms with Gasteiger partial charge in [0.05, 0.1) is 5.69 Å². The fourth-order valence-corrected chi connectivity index (χ4v) is 3.15. The van der Waals surface area contributed by atoms with Gasteiger partial charge in [0.1, 0.15) is 11.6 Å². The molecule has 1 aliphatic rings. The van der Waals surface area contributed by atoms with Crippen molar-refractivity contribution in [2.75, 3.05) is 0 Å². The molecule has 0 fully saturated rings. The summed E-state index contributed by atoms with van der Waals surface area (Å²) in [5, 5.41) is 30.1. The van der Waals surface area contributed by atoms with Crippen LogP contribution < -0.4 is 10.9 Å². The molecule has 9 heteroatoms. The first-order valence-electron chi connectivity index (χ1n) is 8.11. The second-order valence-electron chi connectivity index (χ2n) is 6.11. The summed E-state index contributed by atoms with van der Waals surface area (Å²) in [7, 11) is 0. The Morgan fingerprint density at radius 1 is 1.04 bits per heavy atom. The Morgan fingerprint density at radius 2 is 1.75 bits per heavy atom. The van der Waals surface area contributed by atoms with Crippen molar-refractivity contribution in [3.63, 3.8) is 0 Å². The van der Waals surface area contributed by atoms with E-state index in [1.807, 2.05) is 0 Å². The molecule has 0 radical (unpaired) electrons. The molecule has 0 spiro atoms. The SMILES string of the molecule is Cc1c(C#N)c(O)[nH]c(=O)c1N=Nc1ccc2c3c(cccc13)C(=O)NC2=O. The minimum absolute atomic E-state index is 0.104. The zero-order valence-electron chi connectivity index (χ0n) is 14.4. The molecule has 2 amide bonds. The van der Waals surface area contributed by atoms with Crippen molar-refractivity contribution in [3.8, 4) is 11.9 Å². The number of amides is 2. The number of aromatic hydroxyl groups is 1. The second-order valence-corrected chi connectivity index (χ2v) is 6.11. The lowest BCUT2D eigenvalue weighted by molar-refractivity contribution is 0.0845. The standard InChI is InChI=1S/C19H11N5O4/c1-8-12(7-20)18(27)22-19(28)15(8)24-23-13-6-5-11-14-9(13)3-2-4-10(14)16(25)21-17(11)26/h2-6H,1H3,(H,21,25,26)(H2,22,27,28). The number of azo groups is 1. The lowest BCUT2D eigenvalue weighted by Crippen LogP contribution is -2.34. The molecule has 0 aliphatic carbocycles. The Balaban J connectivity index is 1.91. The van der Waals surface area contributed by atoms with Gasteiger partial charge in [-0.25, -0.2) is 0 Å². The third-order valence-corrected chi connectivity index (χ3v) is 4.52. The Labute approximate surface area is 157 Å². The number of aromatic amines is 1. The molecule has 0 saturated heterocycles. The van der Waals surface area contributed by atoms with Gasteiger partial charge in [-0.1, -0.05) is 12.1 Å². The number of nitrogens with zero attached hydrogens (tertiary/aromatic N) is 3. The Bertz CT molecular complexity index is 1310. The van der Waals surface area contributed by atoms with Crippen LogP contribution in [0.5, 0.6) is 5.88 Å². The molecule has 1 aromatic heterocycles. The van der Waals surface area contributed by atoms with E-state index < -0.39 is 23.3 Å². The number of nitriles is 1. The van der Waals surface area contributed by atoms with Crippen LogP contribution in [0.1, 0.15) is 31.8 Å². The minimum Gasteiger partial charge on any atom is -0.494 e. The predicted octanol–water partition coefficient (Wildman–Crippen LogP) is 2.71. The summed E-state index contributed by atoms with van der Waals surface area (Å²) in [6.45, 7) is 1.47. The molecule has 0 unspecified atom stereocenters. The van der Waals surface area contributed by atoms with Crippen LogP contribution in [0.15, 0.2) is 45.4 Å². The van der Waals surface area contributed by atoms with E-state index in [9.17, 15) is 19.5 Å². The first kappa shape index (κ1) is 17.1. The van der Waals surface area contributed by atoms with Gasteiger partial charge in [0.25, 0.3) is 17.4 Å². The van der Waals surface area contributed by atoms with Gasteiger partial charge in [-0.3, -0.25) is 24.7 Å². The van der Waals surface area contributed by atoms with Crippen LogP contribution in [0.25, 0.3) is 10.8 Å². The van der Waals surface area contributed by atoms with Crippen molar-refractivity contribution < 1.29 is 14.7 Å². The summed E-state index contributed by atoms with van der Waals surface area (Å²) in [6, 6.07) is 9.82. The molecule has 2 aromatic carbocycles. The van der Waals surface area contributed by atoms with E-state index in [4.69, 9.17) is 5.26 Å². The van der Waals surface area contributed by atoms with Gasteiger partial charge in [0, 0.05) is 27.5 Å². The van der Waals surface area contributed by atoms with Gasteiger partial charge in [-0.05, 0) is 25.1 Å². The average molecular weight is 373 g/mol. The number of H-pyrrole nitrogens is 1. The van der Waals surface area contributed by atoms with E-state index >= 15 is 0 Å². The number of benzene rings is 2. The molecule has 3 aromatic rings. The van der Waals surface area contributed by atoms with Gasteiger partial charge in [0.15, 0.2) is 5.69 Å². The highest BCUT2D eigenvalue weighted by atomic mass is 16.3. The molecule has 4 rings (SSSR count). The van der Waals surface area contributed by atoms with Crippen LogP contribution in [0, 0.1) is 18.3 Å². The third kappa shape index (κ3) is 2.44. The molecule has 1 aliphatic heterocycles. The van der Waals surface area contributed by atoms with Crippen LogP contribution in [0.2, 0.25) is 0 Å². The largest absolute Gasteiger partial charge is 0.494 e. The average Bonchev–Trinajstić information content (AvgIpc) is 2.66. The van der Waals surface area contributed by atoms with Crippen LogP contribution in [0.4, 0.5) is 11.4 Å². The van der Waals surface area contributed by atoms with E-state index in [1.54, 1.807) is 30.3 Å². The smallest absolute Gasteiger partial charge is 0.278 e. The Kier molecular flexibility index (Phi) is 3.75. The molecule has 0 atom stereocenters. The number of rotatable bonds is 2. The summed E-state index contributed by atoms with van der Waals surface area (Å²) in [5.41, 5.74) is 0.286. The van der Waals surface area contributed by atoms with Gasteiger partial charge >= 0.3 is 0 Å². The van der Waals surface area contributed by atoms with Crippen LogP contribution in [0.3, 0.4) is 0 Å². The van der Waals surface area contributed by atoms with E-state index in [0.717, 1.165) is 0 Å². The summed E-state index contributed by atoms with van der Waals surface area (Å²) in [5.74, 6) is -1.53. The topological polar surface area (TPSA) is 148 Å². The number of nitrogens with one attached hydrogen (secondary N) is 2. The summed E-state index contributed by atoms with van der Waals surface area (Å²) < 4.78 is 0. The number of pyridine rings is 1. The number of imide groups is 1. The fraction of sp³-hybridized carbons (Fsp3) is 0.0526. The highest BCUT2D eigenvalue weighted by Gasteiger charge is 2.25. The van der Waals surface area contributed by atoms with E-state index in [2.05, 4.69) is 20.5 Å². The van der Waals surface area contributed by atoms with Crippen LogP contribution in [-0.4, -0.2) is 21.9 Å². The molecular weight excluding hydrogens is 362 g/mol. The van der Waals surface area contributed by atoms with Crippen molar-refractivity contribution >= 4 is 34.0 Å². The Hall–Kier alpha value is -4.32. The predicted molar refractivity (Wildman–Crippen MR) is 98.1 cm³/mol. The Morgan fingerprint density at radius 3 is 2.46 bits per heavy atom. The molecule has 136 valence electrons. The summed E-state index contributed by atoms with van der Waals surface area (Å²) >= 11 is 0. The maximum atomic E-state index is 12.1. The number of aromatic nitrogens is 1. The van der Waals surface area contributed by atoms with Crippen molar-refractivity contribution in [3.05, 3.63) is 62.9 Å². The molecule has 3 N–H and O–H groups in total. The molecule has 28 heavy (non-hydrogen) atoms. The van der Waals surface area contributed by atoms with Crippen molar-refractivity contribution in [2.24, 2.45) is 10.2 Å². The minimum atomic E-state index is -0.699. The van der Waals surface area contributed by atoms with Crippen molar-refractivity contribution in [1.29, 1.82) is 5.26 Å². The van der Waals surface area contributed by atoms with Gasteiger partial charge in [0.2, 0.25) is 5.88 Å². The summed E-state index contributed by atoms with van der Waals surface area (Å²) in [6.07, 6.45) is 0. The van der Waals surface area contributed by atoms with E-state index in [0.29, 0.717) is 27.6 Å². The quantitative estimate of drug-likeness (QED) is 0.466. The third-order valence-electron chi connectivity index (χ3n) is 4.52. The van der Waals surface area contributed by atoms with Gasteiger partial charge in [-0.15, -0.1) is 10.2 Å². The van der Waals surface area contributed by atoms with Gasteiger partial charge < -0.3 is 5.11 Å². The second kappa shape index (κ2) is 6.14. The van der Waals surface area contributed by atoms with Gasteiger partial charge in [-0.2, -0.15) is 5.26 Å². The molecule has 9 nitrogen and oxygen atoms in total. The molecule has 0 bridgehead atoms. The lowest BCUT2D eigenvalue weighted by Gasteiger charge is -2.17. The first-order valence-corrected chi connectivity index (χ1v) is 8.11. The van der Waals surface area contributed by atoms with E-state index in [-0.39, 0.29) is 16.8 Å². The van der Waals surface area contributed by atoms with Crippen LogP contribution in [-0.2, 0) is 0 Å². The number of carbonyl (C=O) groups is 2. The zero-order valence-corrected chi connectivity index (χ0v) is 14.4. The molecule has 0 saturated carbocycles. The highest BCUT2D eigenvalue weighted by molar-refractivity contribution is 6.26. The maximum absolute atomic E-state index is 12.1. The molecule has 2 heterocycles. The summed E-state index contributed by atoms with van der Waals surface area (Å²) in [4.78, 5) is 38.4. The fourth-order valence-electron chi connectivity index (χ4n) is 3.15.